The van der Waals surface area contributed by atoms with E-state index in [0.717, 1.165) is 23.6 Å². The molecule has 2 aromatic heterocycles. The van der Waals surface area contributed by atoms with Crippen molar-refractivity contribution >= 4 is 38.9 Å². The van der Waals surface area contributed by atoms with E-state index < -0.39 is 0 Å². The monoisotopic (exact) mass is 598 g/mol. The molecule has 0 fully saturated rings. The second-order valence-electron chi connectivity index (χ2n) is 13.2. The number of para-hydroxylation sites is 3. The molecule has 1 aliphatic rings. The maximum Gasteiger partial charge on any atom is 0.138 e. The normalized spacial score (nSPS) is 13.2. The highest BCUT2D eigenvalue weighted by Crippen LogP contribution is 2.43. The number of aromatic nitrogens is 2. The van der Waals surface area contributed by atoms with Crippen LogP contribution in [0.3, 0.4) is 0 Å². The lowest BCUT2D eigenvalue weighted by molar-refractivity contribution is 0.641. The molecule has 0 N–H and O–H groups in total. The lowest BCUT2D eigenvalue weighted by Gasteiger charge is -2.29. The van der Waals surface area contributed by atoms with E-state index in [4.69, 9.17) is 4.98 Å². The minimum absolute atomic E-state index is 0.234. The van der Waals surface area contributed by atoms with Gasteiger partial charge in [-0.3, -0.25) is 4.57 Å². The Labute approximate surface area is 271 Å². The summed E-state index contributed by atoms with van der Waals surface area (Å²) in [7, 11) is 0. The molecular formula is C42H38N4. The SMILES string of the molecule is CC(C)N1CN(c2cccc(C(C)(C)c3ccc4c5ccccc5n(-c5cc(-c6ccccc6)ccn5)c4c3)c2)c2ccccc21. The van der Waals surface area contributed by atoms with Crippen LogP contribution in [0.1, 0.15) is 38.8 Å². The van der Waals surface area contributed by atoms with E-state index >= 15 is 0 Å². The summed E-state index contributed by atoms with van der Waals surface area (Å²) in [6, 6.07) is 48.8. The predicted octanol–water partition coefficient (Wildman–Crippen LogP) is 10.5. The fourth-order valence-corrected chi connectivity index (χ4v) is 7.09. The number of fused-ring (bicyclic) bond motifs is 4. The van der Waals surface area contributed by atoms with E-state index in [9.17, 15) is 0 Å². The van der Waals surface area contributed by atoms with Crippen molar-refractivity contribution in [3.8, 4) is 16.9 Å². The number of benzene rings is 5. The minimum atomic E-state index is -0.234. The topological polar surface area (TPSA) is 24.3 Å². The molecule has 1 aliphatic heterocycles. The zero-order valence-corrected chi connectivity index (χ0v) is 26.9. The van der Waals surface area contributed by atoms with Crippen molar-refractivity contribution in [2.45, 2.75) is 39.2 Å². The lowest BCUT2D eigenvalue weighted by Crippen LogP contribution is -2.33. The van der Waals surface area contributed by atoms with Gasteiger partial charge in [0.1, 0.15) is 5.82 Å². The summed E-state index contributed by atoms with van der Waals surface area (Å²) in [5, 5.41) is 2.47. The Morgan fingerprint density at radius 1 is 0.609 bits per heavy atom. The van der Waals surface area contributed by atoms with Gasteiger partial charge in [0.25, 0.3) is 0 Å². The van der Waals surface area contributed by atoms with E-state index in [-0.39, 0.29) is 5.41 Å². The first-order valence-electron chi connectivity index (χ1n) is 16.2. The minimum Gasteiger partial charge on any atom is -0.349 e. The quantitative estimate of drug-likeness (QED) is 0.190. The Balaban J connectivity index is 1.24. The van der Waals surface area contributed by atoms with Crippen molar-refractivity contribution in [3.63, 3.8) is 0 Å². The Kier molecular flexibility index (Phi) is 6.68. The maximum atomic E-state index is 4.90. The van der Waals surface area contributed by atoms with E-state index in [1.54, 1.807) is 0 Å². The molecule has 0 radical (unpaired) electrons. The van der Waals surface area contributed by atoms with Gasteiger partial charge in [0.15, 0.2) is 0 Å². The van der Waals surface area contributed by atoms with Gasteiger partial charge in [-0.25, -0.2) is 4.98 Å². The highest BCUT2D eigenvalue weighted by atomic mass is 15.4. The zero-order chi connectivity index (χ0) is 31.4. The van der Waals surface area contributed by atoms with Crippen LogP contribution in [0.2, 0.25) is 0 Å². The van der Waals surface area contributed by atoms with Crippen LogP contribution < -0.4 is 9.80 Å². The summed E-state index contributed by atoms with van der Waals surface area (Å²) in [6.45, 7) is 10.1. The van der Waals surface area contributed by atoms with Gasteiger partial charge in [-0.1, -0.05) is 98.8 Å². The summed E-state index contributed by atoms with van der Waals surface area (Å²) < 4.78 is 2.33. The van der Waals surface area contributed by atoms with Crippen LogP contribution in [0.5, 0.6) is 0 Å². The van der Waals surface area contributed by atoms with Gasteiger partial charge in [0.05, 0.1) is 29.1 Å². The summed E-state index contributed by atoms with van der Waals surface area (Å²) in [6.07, 6.45) is 1.93. The van der Waals surface area contributed by atoms with Crippen LogP contribution in [-0.2, 0) is 5.41 Å². The van der Waals surface area contributed by atoms with Crippen LogP contribution in [0.15, 0.2) is 140 Å². The standard InChI is InChI=1S/C42H38N4/c1-29(2)44-28-45(39-20-11-10-19-38(39)44)34-16-12-15-32(26-34)42(3,4)33-21-22-36-35-17-8-9-18-37(35)46(40(36)27-33)41-25-31(23-24-43-41)30-13-6-5-7-14-30/h5-27,29H,28H2,1-4H3. The predicted molar refractivity (Wildman–Crippen MR) is 194 cm³/mol. The van der Waals surface area contributed by atoms with E-state index in [0.29, 0.717) is 6.04 Å². The molecule has 3 heterocycles. The summed E-state index contributed by atoms with van der Waals surface area (Å²) in [4.78, 5) is 9.82. The first kappa shape index (κ1) is 28.1. The first-order chi connectivity index (χ1) is 22.4. The van der Waals surface area contributed by atoms with Gasteiger partial charge < -0.3 is 9.80 Å². The van der Waals surface area contributed by atoms with Crippen LogP contribution in [-0.4, -0.2) is 22.3 Å². The zero-order valence-electron chi connectivity index (χ0n) is 26.9. The number of hydrogen-bond acceptors (Lipinski definition) is 3. The molecule has 4 heteroatoms. The number of nitrogens with zero attached hydrogens (tertiary/aromatic N) is 4. The van der Waals surface area contributed by atoms with E-state index in [1.807, 2.05) is 6.20 Å². The summed E-state index contributed by atoms with van der Waals surface area (Å²) >= 11 is 0. The highest BCUT2D eigenvalue weighted by molar-refractivity contribution is 6.09. The van der Waals surface area contributed by atoms with Gasteiger partial charge in [-0.15, -0.1) is 0 Å². The van der Waals surface area contributed by atoms with Crippen molar-refractivity contribution in [2.75, 3.05) is 16.5 Å². The second-order valence-corrected chi connectivity index (χ2v) is 13.2. The Hall–Kier alpha value is -5.35. The fraction of sp³-hybridized carbons (Fsp3) is 0.167. The number of pyridine rings is 1. The van der Waals surface area contributed by atoms with Crippen molar-refractivity contribution in [1.29, 1.82) is 0 Å². The Morgan fingerprint density at radius 2 is 1.33 bits per heavy atom. The highest BCUT2D eigenvalue weighted by Gasteiger charge is 2.30. The van der Waals surface area contributed by atoms with Crippen molar-refractivity contribution in [2.24, 2.45) is 0 Å². The van der Waals surface area contributed by atoms with E-state index in [2.05, 4.69) is 176 Å². The molecule has 0 aliphatic carbocycles. The van der Waals surface area contributed by atoms with E-state index in [1.165, 1.54) is 50.0 Å². The van der Waals surface area contributed by atoms with Crippen molar-refractivity contribution in [1.82, 2.24) is 9.55 Å². The van der Waals surface area contributed by atoms with Gasteiger partial charge in [-0.05, 0) is 84.6 Å². The molecule has 0 saturated carbocycles. The summed E-state index contributed by atoms with van der Waals surface area (Å²) in [5.74, 6) is 0.923. The third kappa shape index (κ3) is 4.56. The molecule has 7 aromatic rings. The largest absolute Gasteiger partial charge is 0.349 e. The van der Waals surface area contributed by atoms with Crippen LogP contribution in [0.4, 0.5) is 17.1 Å². The molecular weight excluding hydrogens is 560 g/mol. The molecule has 0 atom stereocenters. The number of anilines is 3. The fourth-order valence-electron chi connectivity index (χ4n) is 7.09. The molecule has 0 saturated heterocycles. The molecule has 0 unspecified atom stereocenters. The Morgan fingerprint density at radius 3 is 2.15 bits per heavy atom. The average Bonchev–Trinajstić information content (AvgIpc) is 3.65. The Bertz CT molecular complexity index is 2210. The number of rotatable bonds is 6. The molecule has 0 spiro atoms. The smallest absolute Gasteiger partial charge is 0.138 e. The maximum absolute atomic E-state index is 4.90. The molecule has 46 heavy (non-hydrogen) atoms. The van der Waals surface area contributed by atoms with Crippen LogP contribution in [0, 0.1) is 0 Å². The van der Waals surface area contributed by atoms with Gasteiger partial charge in [-0.2, -0.15) is 0 Å². The first-order valence-corrected chi connectivity index (χ1v) is 16.2. The van der Waals surface area contributed by atoms with Crippen LogP contribution in [0.25, 0.3) is 38.8 Å². The van der Waals surface area contributed by atoms with Gasteiger partial charge in [0.2, 0.25) is 0 Å². The summed E-state index contributed by atoms with van der Waals surface area (Å²) in [5.41, 5.74) is 10.8. The lowest BCUT2D eigenvalue weighted by atomic mass is 9.77. The molecule has 0 bridgehead atoms. The molecule has 0 amide bonds. The van der Waals surface area contributed by atoms with Crippen molar-refractivity contribution in [3.05, 3.63) is 151 Å². The average molecular weight is 599 g/mol. The number of hydrogen-bond donors (Lipinski definition) is 0. The second kappa shape index (κ2) is 10.9. The van der Waals surface area contributed by atoms with Crippen molar-refractivity contribution < 1.29 is 0 Å². The molecule has 5 aromatic carbocycles. The molecule has 8 rings (SSSR count). The third-order valence-corrected chi connectivity index (χ3v) is 9.76. The van der Waals surface area contributed by atoms with Gasteiger partial charge >= 0.3 is 0 Å². The van der Waals surface area contributed by atoms with Crippen LogP contribution >= 0.6 is 0 Å². The van der Waals surface area contributed by atoms with Gasteiger partial charge in [0, 0.05) is 34.1 Å². The molecule has 4 nitrogen and oxygen atoms in total. The third-order valence-electron chi connectivity index (χ3n) is 9.76. The molecule has 226 valence electrons.